The van der Waals surface area contributed by atoms with Crippen molar-refractivity contribution in [1.82, 2.24) is 4.90 Å². The normalized spacial score (nSPS) is 53.1. The second-order valence-electron chi connectivity index (χ2n) is 4.52. The van der Waals surface area contributed by atoms with Crippen LogP contribution in [0.15, 0.2) is 12.3 Å². The van der Waals surface area contributed by atoms with Crippen molar-refractivity contribution in [3.05, 3.63) is 12.3 Å². The maximum Gasteiger partial charge on any atom is 0.0470 e. The highest BCUT2D eigenvalue weighted by Gasteiger charge is 2.64. The molecular formula is C10H15N. The Morgan fingerprint density at radius 1 is 1.45 bits per heavy atom. The van der Waals surface area contributed by atoms with E-state index in [1.54, 1.807) is 0 Å². The highest BCUT2D eigenvalue weighted by molar-refractivity contribution is 5.30. The molecule has 0 aromatic rings. The SMILES string of the molecule is CC1C2C=CN(C3CC3)[C@@]12C. The van der Waals surface area contributed by atoms with Crippen LogP contribution in [-0.2, 0) is 0 Å². The second-order valence-corrected chi connectivity index (χ2v) is 4.52. The number of nitrogens with zero attached hydrogens (tertiary/aromatic N) is 1. The quantitative estimate of drug-likeness (QED) is 0.551. The summed E-state index contributed by atoms with van der Waals surface area (Å²) in [5.74, 6) is 1.79. The Kier molecular flexibility index (Phi) is 0.832. The summed E-state index contributed by atoms with van der Waals surface area (Å²) >= 11 is 0. The summed E-state index contributed by atoms with van der Waals surface area (Å²) in [6, 6.07) is 0.909. The topological polar surface area (TPSA) is 3.24 Å². The van der Waals surface area contributed by atoms with Gasteiger partial charge in [0.15, 0.2) is 0 Å². The van der Waals surface area contributed by atoms with Crippen LogP contribution < -0.4 is 0 Å². The summed E-state index contributed by atoms with van der Waals surface area (Å²) < 4.78 is 0. The van der Waals surface area contributed by atoms with Crippen LogP contribution in [0.1, 0.15) is 26.7 Å². The average Bonchev–Trinajstić information content (AvgIpc) is 2.84. The lowest BCUT2D eigenvalue weighted by Gasteiger charge is -2.26. The highest BCUT2D eigenvalue weighted by Crippen LogP contribution is 2.61. The Morgan fingerprint density at radius 2 is 2.18 bits per heavy atom. The monoisotopic (exact) mass is 149 g/mol. The predicted octanol–water partition coefficient (Wildman–Crippen LogP) is 2.00. The van der Waals surface area contributed by atoms with Crippen molar-refractivity contribution in [2.45, 2.75) is 38.3 Å². The Hall–Kier alpha value is -0.460. The largest absolute Gasteiger partial charge is 0.369 e. The summed E-state index contributed by atoms with van der Waals surface area (Å²) in [6.45, 7) is 4.80. The van der Waals surface area contributed by atoms with Crippen molar-refractivity contribution in [1.29, 1.82) is 0 Å². The molecule has 1 heteroatoms. The van der Waals surface area contributed by atoms with Crippen LogP contribution in [0.2, 0.25) is 0 Å². The first-order valence-corrected chi connectivity index (χ1v) is 4.71. The number of fused-ring (bicyclic) bond motifs is 1. The van der Waals surface area contributed by atoms with Crippen LogP contribution in [0.5, 0.6) is 0 Å². The van der Waals surface area contributed by atoms with E-state index in [0.717, 1.165) is 17.9 Å². The molecule has 0 bridgehead atoms. The molecule has 2 aliphatic carbocycles. The van der Waals surface area contributed by atoms with Gasteiger partial charge < -0.3 is 4.90 Å². The van der Waals surface area contributed by atoms with Crippen LogP contribution >= 0.6 is 0 Å². The number of hydrogen-bond acceptors (Lipinski definition) is 1. The van der Waals surface area contributed by atoms with Crippen LogP contribution in [0.3, 0.4) is 0 Å². The van der Waals surface area contributed by atoms with Gasteiger partial charge in [-0.2, -0.15) is 0 Å². The van der Waals surface area contributed by atoms with Crippen molar-refractivity contribution in [2.75, 3.05) is 0 Å². The van der Waals surface area contributed by atoms with Crippen molar-refractivity contribution in [3.8, 4) is 0 Å². The van der Waals surface area contributed by atoms with Gasteiger partial charge in [0.05, 0.1) is 0 Å². The Bertz CT molecular complexity index is 229. The van der Waals surface area contributed by atoms with E-state index in [4.69, 9.17) is 0 Å². The van der Waals surface area contributed by atoms with Crippen LogP contribution in [-0.4, -0.2) is 16.5 Å². The van der Waals surface area contributed by atoms with E-state index in [0.29, 0.717) is 5.54 Å². The molecule has 11 heavy (non-hydrogen) atoms. The smallest absolute Gasteiger partial charge is 0.0470 e. The highest BCUT2D eigenvalue weighted by atomic mass is 15.3. The molecule has 1 heterocycles. The van der Waals surface area contributed by atoms with E-state index in [-0.39, 0.29) is 0 Å². The van der Waals surface area contributed by atoms with Crippen LogP contribution in [0, 0.1) is 11.8 Å². The molecule has 0 radical (unpaired) electrons. The fourth-order valence-electron chi connectivity index (χ4n) is 2.73. The molecule has 60 valence electrons. The molecule has 2 unspecified atom stereocenters. The summed E-state index contributed by atoms with van der Waals surface area (Å²) in [7, 11) is 0. The Balaban J connectivity index is 1.91. The van der Waals surface area contributed by atoms with E-state index in [1.807, 2.05) is 0 Å². The first kappa shape index (κ1) is 6.10. The number of hydrogen-bond donors (Lipinski definition) is 0. The van der Waals surface area contributed by atoms with Crippen molar-refractivity contribution < 1.29 is 0 Å². The average molecular weight is 149 g/mol. The zero-order valence-electron chi connectivity index (χ0n) is 7.25. The van der Waals surface area contributed by atoms with Gasteiger partial charge in [-0.1, -0.05) is 13.0 Å². The molecule has 2 saturated carbocycles. The third-order valence-electron chi connectivity index (χ3n) is 3.98. The first-order valence-electron chi connectivity index (χ1n) is 4.71. The van der Waals surface area contributed by atoms with E-state index >= 15 is 0 Å². The maximum absolute atomic E-state index is 2.61. The van der Waals surface area contributed by atoms with Gasteiger partial charge in [-0.15, -0.1) is 0 Å². The standard InChI is InChI=1S/C10H15N/c1-7-9-5-6-11(8-3-4-8)10(7,9)2/h5-9H,3-4H2,1-2H3/t7?,9?,10-/m0/s1. The zero-order valence-corrected chi connectivity index (χ0v) is 7.25. The van der Waals surface area contributed by atoms with Gasteiger partial charge in [0.2, 0.25) is 0 Å². The van der Waals surface area contributed by atoms with Crippen LogP contribution in [0.25, 0.3) is 0 Å². The molecule has 1 nitrogen and oxygen atoms in total. The summed E-state index contributed by atoms with van der Waals surface area (Å²) in [6.07, 6.45) is 7.60. The van der Waals surface area contributed by atoms with Crippen LogP contribution in [0.4, 0.5) is 0 Å². The molecule has 3 rings (SSSR count). The van der Waals surface area contributed by atoms with Gasteiger partial charge in [-0.3, -0.25) is 0 Å². The first-order chi connectivity index (χ1) is 5.24. The Labute approximate surface area is 68.1 Å². The molecular weight excluding hydrogens is 134 g/mol. The molecule has 3 atom stereocenters. The second kappa shape index (κ2) is 1.50. The fraction of sp³-hybridized carbons (Fsp3) is 0.800. The summed E-state index contributed by atoms with van der Waals surface area (Å²) in [5, 5.41) is 0. The lowest BCUT2D eigenvalue weighted by atomic mass is 10.2. The molecule has 0 saturated heterocycles. The van der Waals surface area contributed by atoms with Gasteiger partial charge in [0.25, 0.3) is 0 Å². The van der Waals surface area contributed by atoms with Gasteiger partial charge in [-0.05, 0) is 31.9 Å². The molecule has 0 spiro atoms. The zero-order chi connectivity index (χ0) is 7.64. The third-order valence-corrected chi connectivity index (χ3v) is 3.98. The van der Waals surface area contributed by atoms with Gasteiger partial charge in [0.1, 0.15) is 0 Å². The Morgan fingerprint density at radius 3 is 2.64 bits per heavy atom. The van der Waals surface area contributed by atoms with Gasteiger partial charge >= 0.3 is 0 Å². The van der Waals surface area contributed by atoms with E-state index < -0.39 is 0 Å². The minimum absolute atomic E-state index is 0.543. The molecule has 0 aromatic carbocycles. The lowest BCUT2D eigenvalue weighted by molar-refractivity contribution is 0.254. The molecule has 0 N–H and O–H groups in total. The lowest BCUT2D eigenvalue weighted by Crippen LogP contribution is -2.32. The van der Waals surface area contributed by atoms with Crippen molar-refractivity contribution in [3.63, 3.8) is 0 Å². The van der Waals surface area contributed by atoms with Crippen molar-refractivity contribution >= 4 is 0 Å². The molecule has 0 amide bonds. The predicted molar refractivity (Wildman–Crippen MR) is 45.1 cm³/mol. The minimum atomic E-state index is 0.543. The van der Waals surface area contributed by atoms with E-state index in [9.17, 15) is 0 Å². The van der Waals surface area contributed by atoms with Crippen molar-refractivity contribution in [2.24, 2.45) is 11.8 Å². The molecule has 0 aromatic heterocycles. The molecule has 2 fully saturated rings. The molecule has 3 aliphatic rings. The van der Waals surface area contributed by atoms with E-state index in [1.165, 1.54) is 12.8 Å². The summed E-state index contributed by atoms with van der Waals surface area (Å²) in [4.78, 5) is 2.61. The third kappa shape index (κ3) is 0.545. The maximum atomic E-state index is 2.61. The minimum Gasteiger partial charge on any atom is -0.369 e. The summed E-state index contributed by atoms with van der Waals surface area (Å²) in [5.41, 5.74) is 0.543. The van der Waals surface area contributed by atoms with Gasteiger partial charge in [0, 0.05) is 17.5 Å². The molecule has 1 aliphatic heterocycles. The fourth-order valence-corrected chi connectivity index (χ4v) is 2.73. The van der Waals surface area contributed by atoms with E-state index in [2.05, 4.69) is 31.0 Å². The number of rotatable bonds is 1. The van der Waals surface area contributed by atoms with Gasteiger partial charge in [-0.25, -0.2) is 0 Å².